The average molecular weight is 435 g/mol. The molecule has 0 aliphatic rings. The van der Waals surface area contributed by atoms with E-state index in [4.69, 9.17) is 23.2 Å². The Kier molecular flexibility index (Phi) is 8.12. The molecule has 2 aromatic rings. The first-order valence-electron chi connectivity index (χ1n) is 9.66. The largest absolute Gasteiger partial charge is 0.350 e. The summed E-state index contributed by atoms with van der Waals surface area (Å²) in [5.41, 5.74) is 1.50. The number of amides is 2. The number of carbonyl (C=O) groups excluding carboxylic acids is 2. The molecule has 4 nitrogen and oxygen atoms in total. The summed E-state index contributed by atoms with van der Waals surface area (Å²) in [6.45, 7) is 7.97. The summed E-state index contributed by atoms with van der Waals surface area (Å²) in [5, 5.41) is 3.82. The van der Waals surface area contributed by atoms with Gasteiger partial charge in [0.1, 0.15) is 6.04 Å². The summed E-state index contributed by atoms with van der Waals surface area (Å²) < 4.78 is 0. The normalized spacial score (nSPS) is 12.3. The molecule has 0 heterocycles. The first-order chi connectivity index (χ1) is 13.6. The molecule has 2 rings (SSSR count). The smallest absolute Gasteiger partial charge is 0.242 e. The van der Waals surface area contributed by atoms with Gasteiger partial charge in [0.2, 0.25) is 11.8 Å². The van der Waals surface area contributed by atoms with E-state index in [1.165, 1.54) is 0 Å². The van der Waals surface area contributed by atoms with Crippen LogP contribution in [0.5, 0.6) is 0 Å². The fourth-order valence-electron chi connectivity index (χ4n) is 2.97. The molecule has 0 saturated heterocycles. The molecule has 0 aliphatic heterocycles. The minimum Gasteiger partial charge on any atom is -0.350 e. The molecule has 0 spiro atoms. The molecule has 2 aromatic carbocycles. The van der Waals surface area contributed by atoms with Crippen LogP contribution in [0.1, 0.15) is 38.8 Å². The van der Waals surface area contributed by atoms with Crippen LogP contribution in [0.25, 0.3) is 0 Å². The van der Waals surface area contributed by atoms with E-state index in [0.29, 0.717) is 23.0 Å². The van der Waals surface area contributed by atoms with Gasteiger partial charge in [-0.2, -0.15) is 0 Å². The van der Waals surface area contributed by atoms with E-state index in [-0.39, 0.29) is 23.8 Å². The maximum atomic E-state index is 13.1. The lowest BCUT2D eigenvalue weighted by molar-refractivity contribution is -0.140. The number of benzene rings is 2. The molecule has 2 amide bonds. The highest BCUT2D eigenvalue weighted by molar-refractivity contribution is 6.42. The van der Waals surface area contributed by atoms with Gasteiger partial charge in [-0.05, 0) is 57.4 Å². The standard InChI is InChI=1S/C23H28Cl2N2O2/c1-16(22(29)26-23(2,3)4)27(13-12-17-8-6-5-7-9-17)21(28)15-18-10-11-19(24)20(25)14-18/h5-11,14,16H,12-13,15H2,1-4H3,(H,26,29). The van der Waals surface area contributed by atoms with E-state index in [1.54, 1.807) is 30.0 Å². The highest BCUT2D eigenvalue weighted by atomic mass is 35.5. The fourth-order valence-corrected chi connectivity index (χ4v) is 3.29. The molecular formula is C23H28Cl2N2O2. The molecular weight excluding hydrogens is 407 g/mol. The van der Waals surface area contributed by atoms with Crippen molar-refractivity contribution in [3.05, 3.63) is 69.7 Å². The van der Waals surface area contributed by atoms with Crippen LogP contribution in [0.15, 0.2) is 48.5 Å². The van der Waals surface area contributed by atoms with Crippen LogP contribution in [0.4, 0.5) is 0 Å². The highest BCUT2D eigenvalue weighted by Crippen LogP contribution is 2.23. The summed E-state index contributed by atoms with van der Waals surface area (Å²) in [4.78, 5) is 27.5. The van der Waals surface area contributed by atoms with Gasteiger partial charge in [0.05, 0.1) is 16.5 Å². The average Bonchev–Trinajstić information content (AvgIpc) is 2.64. The monoisotopic (exact) mass is 434 g/mol. The second kappa shape index (κ2) is 10.1. The van der Waals surface area contributed by atoms with Gasteiger partial charge in [0.25, 0.3) is 0 Å². The molecule has 29 heavy (non-hydrogen) atoms. The Morgan fingerprint density at radius 2 is 1.66 bits per heavy atom. The summed E-state index contributed by atoms with van der Waals surface area (Å²) in [7, 11) is 0. The number of nitrogens with zero attached hydrogens (tertiary/aromatic N) is 1. The number of hydrogen-bond donors (Lipinski definition) is 1. The van der Waals surface area contributed by atoms with Crippen LogP contribution in [-0.2, 0) is 22.4 Å². The predicted molar refractivity (Wildman–Crippen MR) is 119 cm³/mol. The van der Waals surface area contributed by atoms with E-state index < -0.39 is 6.04 Å². The third-order valence-corrected chi connectivity index (χ3v) is 5.23. The van der Waals surface area contributed by atoms with Gasteiger partial charge < -0.3 is 10.2 Å². The first-order valence-corrected chi connectivity index (χ1v) is 10.4. The van der Waals surface area contributed by atoms with E-state index in [2.05, 4.69) is 5.32 Å². The minimum atomic E-state index is -0.590. The zero-order valence-electron chi connectivity index (χ0n) is 17.3. The van der Waals surface area contributed by atoms with E-state index in [1.807, 2.05) is 51.1 Å². The van der Waals surface area contributed by atoms with Gasteiger partial charge >= 0.3 is 0 Å². The summed E-state index contributed by atoms with van der Waals surface area (Å²) in [6, 6.07) is 14.5. The Labute approximate surface area is 183 Å². The summed E-state index contributed by atoms with van der Waals surface area (Å²) >= 11 is 12.1. The Morgan fingerprint density at radius 3 is 2.24 bits per heavy atom. The van der Waals surface area contributed by atoms with Crippen LogP contribution in [0.3, 0.4) is 0 Å². The zero-order chi connectivity index (χ0) is 21.6. The minimum absolute atomic E-state index is 0.129. The van der Waals surface area contributed by atoms with Gasteiger partial charge in [-0.1, -0.05) is 59.6 Å². The molecule has 0 aromatic heterocycles. The van der Waals surface area contributed by atoms with Crippen molar-refractivity contribution in [2.75, 3.05) is 6.54 Å². The number of halogens is 2. The fraction of sp³-hybridized carbons (Fsp3) is 0.391. The molecule has 0 aliphatic carbocycles. The van der Waals surface area contributed by atoms with Crippen LogP contribution < -0.4 is 5.32 Å². The Balaban J connectivity index is 2.18. The van der Waals surface area contributed by atoms with Crippen molar-refractivity contribution in [2.24, 2.45) is 0 Å². The summed E-state index contributed by atoms with van der Waals surface area (Å²) in [6.07, 6.45) is 0.819. The molecule has 0 bridgehead atoms. The van der Waals surface area contributed by atoms with Crippen molar-refractivity contribution in [3.8, 4) is 0 Å². The van der Waals surface area contributed by atoms with Crippen molar-refractivity contribution < 1.29 is 9.59 Å². The molecule has 1 N–H and O–H groups in total. The zero-order valence-corrected chi connectivity index (χ0v) is 18.8. The van der Waals surface area contributed by atoms with E-state index in [9.17, 15) is 9.59 Å². The van der Waals surface area contributed by atoms with Crippen LogP contribution >= 0.6 is 23.2 Å². The second-order valence-electron chi connectivity index (χ2n) is 8.16. The van der Waals surface area contributed by atoms with Gasteiger partial charge in [-0.25, -0.2) is 0 Å². The van der Waals surface area contributed by atoms with Crippen molar-refractivity contribution in [1.82, 2.24) is 10.2 Å². The van der Waals surface area contributed by atoms with Gasteiger partial charge in [0.15, 0.2) is 0 Å². The van der Waals surface area contributed by atoms with E-state index in [0.717, 1.165) is 11.1 Å². The highest BCUT2D eigenvalue weighted by Gasteiger charge is 2.28. The Morgan fingerprint density at radius 1 is 1.00 bits per heavy atom. The first kappa shape index (κ1) is 23.2. The number of carbonyl (C=O) groups is 2. The Bertz CT molecular complexity index is 848. The van der Waals surface area contributed by atoms with E-state index >= 15 is 0 Å². The van der Waals surface area contributed by atoms with Crippen molar-refractivity contribution in [2.45, 2.75) is 52.1 Å². The molecule has 0 saturated carbocycles. The number of nitrogens with one attached hydrogen (secondary N) is 1. The lowest BCUT2D eigenvalue weighted by atomic mass is 10.1. The van der Waals surface area contributed by atoms with Crippen LogP contribution in [0, 0.1) is 0 Å². The van der Waals surface area contributed by atoms with Crippen LogP contribution in [-0.4, -0.2) is 34.8 Å². The molecule has 6 heteroatoms. The van der Waals surface area contributed by atoms with Crippen molar-refractivity contribution >= 4 is 35.0 Å². The second-order valence-corrected chi connectivity index (χ2v) is 8.98. The van der Waals surface area contributed by atoms with Crippen molar-refractivity contribution in [3.63, 3.8) is 0 Å². The molecule has 156 valence electrons. The molecule has 1 unspecified atom stereocenters. The van der Waals surface area contributed by atoms with Gasteiger partial charge in [0, 0.05) is 12.1 Å². The SMILES string of the molecule is CC(C(=O)NC(C)(C)C)N(CCc1ccccc1)C(=O)Cc1ccc(Cl)c(Cl)c1. The maximum Gasteiger partial charge on any atom is 0.242 e. The molecule has 0 radical (unpaired) electrons. The lowest BCUT2D eigenvalue weighted by Gasteiger charge is -2.31. The van der Waals surface area contributed by atoms with Gasteiger partial charge in [-0.3, -0.25) is 9.59 Å². The summed E-state index contributed by atoms with van der Waals surface area (Å²) in [5.74, 6) is -0.302. The maximum absolute atomic E-state index is 13.1. The third kappa shape index (κ3) is 7.37. The quantitative estimate of drug-likeness (QED) is 0.672. The predicted octanol–water partition coefficient (Wildman–Crippen LogP) is 4.91. The number of rotatable bonds is 7. The van der Waals surface area contributed by atoms with Crippen LogP contribution in [0.2, 0.25) is 10.0 Å². The topological polar surface area (TPSA) is 49.4 Å². The Hall–Kier alpha value is -2.04. The van der Waals surface area contributed by atoms with Gasteiger partial charge in [-0.15, -0.1) is 0 Å². The lowest BCUT2D eigenvalue weighted by Crippen LogP contribution is -2.53. The molecule has 0 fully saturated rings. The number of hydrogen-bond acceptors (Lipinski definition) is 2. The molecule has 1 atom stereocenters. The van der Waals surface area contributed by atoms with Crippen molar-refractivity contribution in [1.29, 1.82) is 0 Å². The third-order valence-electron chi connectivity index (χ3n) is 4.49.